The number of piperidine rings is 1. The van der Waals surface area contributed by atoms with E-state index in [1.54, 1.807) is 0 Å². The van der Waals surface area contributed by atoms with E-state index in [1.165, 1.54) is 0 Å². The molecule has 21 heavy (non-hydrogen) atoms. The number of anilines is 1. The minimum Gasteiger partial charge on any atom is -0.476 e. The number of benzene rings is 1. The summed E-state index contributed by atoms with van der Waals surface area (Å²) in [5.74, 6) is -1.02. The van der Waals surface area contributed by atoms with Crippen LogP contribution < -0.4 is 4.90 Å². The van der Waals surface area contributed by atoms with E-state index in [1.807, 2.05) is 24.3 Å². The van der Waals surface area contributed by atoms with Gasteiger partial charge < -0.3 is 10.0 Å². The highest BCUT2D eigenvalue weighted by Gasteiger charge is 2.29. The van der Waals surface area contributed by atoms with Crippen molar-refractivity contribution in [2.24, 2.45) is 5.41 Å². The molecule has 5 heteroatoms. The predicted molar refractivity (Wildman–Crippen MR) is 81.7 cm³/mol. The number of hydrogen-bond acceptors (Lipinski definition) is 4. The monoisotopic (exact) mass is 285 g/mol. The maximum Gasteiger partial charge on any atom is 0.358 e. The highest BCUT2D eigenvalue weighted by atomic mass is 16.4. The molecule has 110 valence electrons. The van der Waals surface area contributed by atoms with Gasteiger partial charge in [0.2, 0.25) is 0 Å². The van der Waals surface area contributed by atoms with Gasteiger partial charge in [-0.1, -0.05) is 32.0 Å². The number of carboxylic acid groups (broad SMARTS) is 1. The minimum atomic E-state index is -1.02. The van der Waals surface area contributed by atoms with Crippen molar-refractivity contribution in [2.45, 2.75) is 26.7 Å². The fourth-order valence-electron chi connectivity index (χ4n) is 2.84. The van der Waals surface area contributed by atoms with E-state index in [0.717, 1.165) is 36.8 Å². The lowest BCUT2D eigenvalue weighted by atomic mass is 9.82. The normalized spacial score (nSPS) is 17.9. The Hall–Kier alpha value is -2.17. The molecule has 1 aliphatic heterocycles. The van der Waals surface area contributed by atoms with Gasteiger partial charge in [0, 0.05) is 18.5 Å². The first-order chi connectivity index (χ1) is 9.98. The van der Waals surface area contributed by atoms with Gasteiger partial charge in [-0.2, -0.15) is 0 Å². The van der Waals surface area contributed by atoms with Gasteiger partial charge in [0.1, 0.15) is 0 Å². The number of fused-ring (bicyclic) bond motifs is 1. The smallest absolute Gasteiger partial charge is 0.358 e. The van der Waals surface area contributed by atoms with E-state index < -0.39 is 5.97 Å². The SMILES string of the molecule is CC1(C)CCN(c2c(C(=O)O)nnc3ccccc23)CC1. The summed E-state index contributed by atoms with van der Waals surface area (Å²) in [6.45, 7) is 6.21. The molecule has 2 aromatic rings. The lowest BCUT2D eigenvalue weighted by molar-refractivity contribution is 0.0690. The van der Waals surface area contributed by atoms with Crippen LogP contribution in [0.4, 0.5) is 5.69 Å². The number of nitrogens with zero attached hydrogens (tertiary/aromatic N) is 3. The summed E-state index contributed by atoms with van der Waals surface area (Å²) in [4.78, 5) is 13.7. The molecular formula is C16H19N3O2. The number of rotatable bonds is 2. The minimum absolute atomic E-state index is 0.0495. The summed E-state index contributed by atoms with van der Waals surface area (Å²) in [7, 11) is 0. The highest BCUT2D eigenvalue weighted by Crippen LogP contribution is 2.35. The van der Waals surface area contributed by atoms with Crippen molar-refractivity contribution in [1.29, 1.82) is 0 Å². The summed E-state index contributed by atoms with van der Waals surface area (Å²) >= 11 is 0. The van der Waals surface area contributed by atoms with Crippen LogP contribution >= 0.6 is 0 Å². The molecule has 0 saturated carbocycles. The fourth-order valence-corrected chi connectivity index (χ4v) is 2.84. The highest BCUT2D eigenvalue weighted by molar-refractivity contribution is 6.02. The van der Waals surface area contributed by atoms with Crippen LogP contribution in [-0.4, -0.2) is 34.4 Å². The molecule has 0 atom stereocenters. The molecule has 5 nitrogen and oxygen atoms in total. The summed E-state index contributed by atoms with van der Waals surface area (Å²) < 4.78 is 0. The summed E-state index contributed by atoms with van der Waals surface area (Å²) in [5.41, 5.74) is 1.82. The average Bonchev–Trinajstić information content (AvgIpc) is 2.46. The second-order valence-corrected chi connectivity index (χ2v) is 6.37. The van der Waals surface area contributed by atoms with E-state index in [0.29, 0.717) is 11.1 Å². The Morgan fingerprint density at radius 2 is 1.86 bits per heavy atom. The standard InChI is InChI=1S/C16H19N3O2/c1-16(2)7-9-19(10-8-16)14-11-5-3-4-6-12(11)17-18-13(14)15(20)21/h3-6H,7-10H2,1-2H3,(H,20,21). The molecule has 1 aromatic carbocycles. The second kappa shape index (κ2) is 4.98. The summed E-state index contributed by atoms with van der Waals surface area (Å²) in [6, 6.07) is 7.59. The van der Waals surface area contributed by atoms with Gasteiger partial charge in [-0.15, -0.1) is 10.2 Å². The van der Waals surface area contributed by atoms with Crippen molar-refractivity contribution in [3.8, 4) is 0 Å². The number of aromatic nitrogens is 2. The zero-order valence-electron chi connectivity index (χ0n) is 12.3. The molecule has 1 fully saturated rings. The van der Waals surface area contributed by atoms with Crippen molar-refractivity contribution in [3.05, 3.63) is 30.0 Å². The molecule has 0 unspecified atom stereocenters. The Kier molecular flexibility index (Phi) is 3.27. The first-order valence-electron chi connectivity index (χ1n) is 7.22. The molecule has 0 aliphatic carbocycles. The van der Waals surface area contributed by atoms with Crippen LogP contribution in [0.3, 0.4) is 0 Å². The average molecular weight is 285 g/mol. The molecule has 0 radical (unpaired) electrons. The Bertz CT molecular complexity index is 687. The molecule has 1 N–H and O–H groups in total. The molecule has 0 bridgehead atoms. The largest absolute Gasteiger partial charge is 0.476 e. The third-order valence-electron chi connectivity index (χ3n) is 4.28. The van der Waals surface area contributed by atoms with Crippen LogP contribution in [0.15, 0.2) is 24.3 Å². The van der Waals surface area contributed by atoms with E-state index in [-0.39, 0.29) is 5.69 Å². The summed E-state index contributed by atoms with van der Waals surface area (Å²) in [6.07, 6.45) is 2.09. The summed E-state index contributed by atoms with van der Waals surface area (Å²) in [5, 5.41) is 18.3. The van der Waals surface area contributed by atoms with Crippen molar-refractivity contribution >= 4 is 22.6 Å². The van der Waals surface area contributed by atoms with E-state index >= 15 is 0 Å². The zero-order chi connectivity index (χ0) is 15.0. The van der Waals surface area contributed by atoms with Gasteiger partial charge in [0.05, 0.1) is 11.2 Å². The molecule has 1 aromatic heterocycles. The fraction of sp³-hybridized carbons (Fsp3) is 0.438. The molecule has 0 amide bonds. The molecule has 0 spiro atoms. The van der Waals surface area contributed by atoms with Crippen LogP contribution in [0, 0.1) is 5.41 Å². The van der Waals surface area contributed by atoms with Gasteiger partial charge >= 0.3 is 5.97 Å². The third-order valence-corrected chi connectivity index (χ3v) is 4.28. The van der Waals surface area contributed by atoms with E-state index in [9.17, 15) is 9.90 Å². The molecule has 3 rings (SSSR count). The number of carboxylic acids is 1. The number of aromatic carboxylic acids is 1. The third kappa shape index (κ3) is 2.55. The van der Waals surface area contributed by atoms with Gasteiger partial charge in [-0.25, -0.2) is 4.79 Å². The van der Waals surface area contributed by atoms with Gasteiger partial charge in [0.25, 0.3) is 0 Å². The Morgan fingerprint density at radius 1 is 1.19 bits per heavy atom. The maximum absolute atomic E-state index is 11.5. The van der Waals surface area contributed by atoms with Crippen LogP contribution in [-0.2, 0) is 0 Å². The van der Waals surface area contributed by atoms with Crippen LogP contribution in [0.2, 0.25) is 0 Å². The van der Waals surface area contributed by atoms with Crippen molar-refractivity contribution in [2.75, 3.05) is 18.0 Å². The predicted octanol–water partition coefficient (Wildman–Crippen LogP) is 2.95. The first kappa shape index (κ1) is 13.8. The first-order valence-corrected chi connectivity index (χ1v) is 7.22. The molecule has 1 aliphatic rings. The number of hydrogen-bond donors (Lipinski definition) is 1. The van der Waals surface area contributed by atoms with E-state index in [2.05, 4.69) is 28.9 Å². The van der Waals surface area contributed by atoms with Gasteiger partial charge in [-0.3, -0.25) is 0 Å². The van der Waals surface area contributed by atoms with Crippen LogP contribution in [0.5, 0.6) is 0 Å². The van der Waals surface area contributed by atoms with Crippen molar-refractivity contribution < 1.29 is 9.90 Å². The second-order valence-electron chi connectivity index (χ2n) is 6.37. The Morgan fingerprint density at radius 3 is 2.52 bits per heavy atom. The van der Waals surface area contributed by atoms with Crippen molar-refractivity contribution in [3.63, 3.8) is 0 Å². The molecule has 1 saturated heterocycles. The topological polar surface area (TPSA) is 66.3 Å². The Labute approximate surface area is 123 Å². The van der Waals surface area contributed by atoms with Crippen molar-refractivity contribution in [1.82, 2.24) is 10.2 Å². The lowest BCUT2D eigenvalue weighted by Gasteiger charge is -2.38. The molecule has 2 heterocycles. The Balaban J connectivity index is 2.11. The van der Waals surface area contributed by atoms with E-state index in [4.69, 9.17) is 0 Å². The lowest BCUT2D eigenvalue weighted by Crippen LogP contribution is -2.38. The van der Waals surface area contributed by atoms with Gasteiger partial charge in [0.15, 0.2) is 5.69 Å². The molecular weight excluding hydrogens is 266 g/mol. The van der Waals surface area contributed by atoms with Crippen LogP contribution in [0.25, 0.3) is 10.9 Å². The quantitative estimate of drug-likeness (QED) is 0.919. The van der Waals surface area contributed by atoms with Gasteiger partial charge in [-0.05, 0) is 24.3 Å². The van der Waals surface area contributed by atoms with Crippen LogP contribution in [0.1, 0.15) is 37.2 Å². The number of carbonyl (C=O) groups is 1. The zero-order valence-corrected chi connectivity index (χ0v) is 12.3. The maximum atomic E-state index is 11.5.